The van der Waals surface area contributed by atoms with E-state index < -0.39 is 0 Å². The lowest BCUT2D eigenvalue weighted by atomic mass is 10.1. The summed E-state index contributed by atoms with van der Waals surface area (Å²) in [5.41, 5.74) is 2.52. The van der Waals surface area contributed by atoms with Gasteiger partial charge in [0.25, 0.3) is 0 Å². The van der Waals surface area contributed by atoms with Crippen LogP contribution in [0.15, 0.2) is 48.8 Å². The highest BCUT2D eigenvalue weighted by Gasteiger charge is 2.30. The van der Waals surface area contributed by atoms with Crippen LogP contribution in [0.25, 0.3) is 0 Å². The van der Waals surface area contributed by atoms with Crippen LogP contribution in [0.3, 0.4) is 0 Å². The zero-order valence-electron chi connectivity index (χ0n) is 13.3. The summed E-state index contributed by atoms with van der Waals surface area (Å²) in [6.07, 6.45) is 4.05. The first-order chi connectivity index (χ1) is 11.7. The van der Waals surface area contributed by atoms with Crippen molar-refractivity contribution in [2.75, 3.05) is 12.9 Å². The molecular weight excluding hydrogens is 324 g/mol. The molecule has 1 saturated heterocycles. The SMILES string of the molecule is COC(=O)c1ccc(C2SCCC(=O)N2Cc2cccnc2)cc1. The molecule has 2 heterocycles. The van der Waals surface area contributed by atoms with Crippen LogP contribution in [0.4, 0.5) is 0 Å². The monoisotopic (exact) mass is 342 g/mol. The lowest BCUT2D eigenvalue weighted by molar-refractivity contribution is -0.132. The molecule has 3 rings (SSSR count). The second-order valence-electron chi connectivity index (χ2n) is 5.47. The number of benzene rings is 1. The Morgan fingerprint density at radius 2 is 2.12 bits per heavy atom. The van der Waals surface area contributed by atoms with E-state index in [1.807, 2.05) is 29.2 Å². The number of carbonyl (C=O) groups excluding carboxylic acids is 2. The summed E-state index contributed by atoms with van der Waals surface area (Å²) in [6, 6.07) is 11.1. The Morgan fingerprint density at radius 3 is 2.79 bits per heavy atom. The molecule has 1 aliphatic rings. The maximum absolute atomic E-state index is 12.4. The normalized spacial score (nSPS) is 17.6. The van der Waals surface area contributed by atoms with Crippen LogP contribution in [-0.2, 0) is 16.1 Å². The van der Waals surface area contributed by atoms with Crippen molar-refractivity contribution in [2.24, 2.45) is 0 Å². The third kappa shape index (κ3) is 3.59. The van der Waals surface area contributed by atoms with E-state index in [4.69, 9.17) is 4.74 Å². The average Bonchev–Trinajstić information content (AvgIpc) is 2.64. The standard InChI is InChI=1S/C18H18N2O3S/c1-23-18(22)15-6-4-14(5-7-15)17-20(16(21)8-10-24-17)12-13-3-2-9-19-11-13/h2-7,9,11,17H,8,10,12H2,1H3. The van der Waals surface area contributed by atoms with Crippen LogP contribution in [0.2, 0.25) is 0 Å². The lowest BCUT2D eigenvalue weighted by Crippen LogP contribution is -2.36. The average molecular weight is 342 g/mol. The van der Waals surface area contributed by atoms with Gasteiger partial charge in [-0.15, -0.1) is 11.8 Å². The first kappa shape index (κ1) is 16.5. The van der Waals surface area contributed by atoms with Crippen LogP contribution in [0.5, 0.6) is 0 Å². The van der Waals surface area contributed by atoms with Gasteiger partial charge in [0.1, 0.15) is 5.37 Å². The second-order valence-corrected chi connectivity index (χ2v) is 6.66. The number of aromatic nitrogens is 1. The minimum atomic E-state index is -0.360. The van der Waals surface area contributed by atoms with E-state index in [2.05, 4.69) is 4.98 Å². The van der Waals surface area contributed by atoms with Crippen molar-refractivity contribution < 1.29 is 14.3 Å². The van der Waals surface area contributed by atoms with Gasteiger partial charge in [-0.05, 0) is 29.3 Å². The Morgan fingerprint density at radius 1 is 1.33 bits per heavy atom. The summed E-state index contributed by atoms with van der Waals surface area (Å²) in [4.78, 5) is 30.0. The molecule has 0 bridgehead atoms. The molecule has 124 valence electrons. The molecule has 0 spiro atoms. The molecule has 6 heteroatoms. The maximum atomic E-state index is 12.4. The van der Waals surface area contributed by atoms with Crippen LogP contribution >= 0.6 is 11.8 Å². The molecule has 0 saturated carbocycles. The predicted octanol–water partition coefficient (Wildman–Crippen LogP) is 3.03. The topological polar surface area (TPSA) is 59.5 Å². The van der Waals surface area contributed by atoms with E-state index in [1.165, 1.54) is 7.11 Å². The molecule has 1 fully saturated rings. The van der Waals surface area contributed by atoms with Crippen LogP contribution < -0.4 is 0 Å². The third-order valence-corrected chi connectivity index (χ3v) is 5.17. The van der Waals surface area contributed by atoms with Crippen molar-refractivity contribution in [1.29, 1.82) is 0 Å². The van der Waals surface area contributed by atoms with Gasteiger partial charge < -0.3 is 9.64 Å². The van der Waals surface area contributed by atoms with Crippen LogP contribution in [0, 0.1) is 0 Å². The van der Waals surface area contributed by atoms with Gasteiger partial charge in [-0.1, -0.05) is 18.2 Å². The van der Waals surface area contributed by atoms with Gasteiger partial charge in [0.15, 0.2) is 0 Å². The Kier molecular flexibility index (Phi) is 5.15. The fraction of sp³-hybridized carbons (Fsp3) is 0.278. The number of amides is 1. The minimum absolute atomic E-state index is 0.0573. The van der Waals surface area contributed by atoms with E-state index in [0.717, 1.165) is 16.9 Å². The minimum Gasteiger partial charge on any atom is -0.465 e. The highest BCUT2D eigenvalue weighted by molar-refractivity contribution is 7.99. The fourth-order valence-corrected chi connectivity index (χ4v) is 3.90. The number of hydrogen-bond donors (Lipinski definition) is 0. The molecule has 2 aromatic rings. The molecule has 1 amide bonds. The number of carbonyl (C=O) groups is 2. The highest BCUT2D eigenvalue weighted by atomic mass is 32.2. The largest absolute Gasteiger partial charge is 0.465 e. The molecular formula is C18H18N2O3S. The van der Waals surface area contributed by atoms with E-state index in [1.54, 1.807) is 36.3 Å². The van der Waals surface area contributed by atoms with Gasteiger partial charge in [-0.3, -0.25) is 9.78 Å². The van der Waals surface area contributed by atoms with Crippen molar-refractivity contribution in [3.05, 3.63) is 65.5 Å². The molecule has 1 aromatic carbocycles. The van der Waals surface area contributed by atoms with Gasteiger partial charge in [0.2, 0.25) is 5.91 Å². The van der Waals surface area contributed by atoms with Crippen molar-refractivity contribution in [1.82, 2.24) is 9.88 Å². The summed E-state index contributed by atoms with van der Waals surface area (Å²) in [5.74, 6) is 0.576. The molecule has 24 heavy (non-hydrogen) atoms. The van der Waals surface area contributed by atoms with Gasteiger partial charge in [-0.25, -0.2) is 4.79 Å². The number of pyridine rings is 1. The third-order valence-electron chi connectivity index (χ3n) is 3.89. The molecule has 0 N–H and O–H groups in total. The van der Waals surface area contributed by atoms with E-state index in [0.29, 0.717) is 18.5 Å². The first-order valence-electron chi connectivity index (χ1n) is 7.67. The quantitative estimate of drug-likeness (QED) is 0.799. The maximum Gasteiger partial charge on any atom is 0.337 e. The number of ether oxygens (including phenoxy) is 1. The van der Waals surface area contributed by atoms with E-state index in [-0.39, 0.29) is 17.3 Å². The molecule has 0 radical (unpaired) electrons. The van der Waals surface area contributed by atoms with Crippen LogP contribution in [0.1, 0.15) is 33.3 Å². The van der Waals surface area contributed by atoms with E-state index >= 15 is 0 Å². The summed E-state index contributed by atoms with van der Waals surface area (Å²) < 4.78 is 4.72. The Labute approximate surface area is 145 Å². The summed E-state index contributed by atoms with van der Waals surface area (Å²) in [7, 11) is 1.36. The zero-order chi connectivity index (χ0) is 16.9. The second kappa shape index (κ2) is 7.49. The van der Waals surface area contributed by atoms with Gasteiger partial charge >= 0.3 is 5.97 Å². The smallest absolute Gasteiger partial charge is 0.337 e. The zero-order valence-corrected chi connectivity index (χ0v) is 14.2. The number of nitrogens with zero attached hydrogens (tertiary/aromatic N) is 2. The lowest BCUT2D eigenvalue weighted by Gasteiger charge is -2.35. The number of hydrogen-bond acceptors (Lipinski definition) is 5. The van der Waals surface area contributed by atoms with Gasteiger partial charge in [0.05, 0.1) is 12.7 Å². The van der Waals surface area contributed by atoms with Crippen molar-refractivity contribution >= 4 is 23.6 Å². The molecule has 0 aliphatic carbocycles. The molecule has 1 aliphatic heterocycles. The molecule has 1 unspecified atom stereocenters. The van der Waals surface area contributed by atoms with E-state index in [9.17, 15) is 9.59 Å². The molecule has 1 atom stereocenters. The number of methoxy groups -OCH3 is 1. The predicted molar refractivity (Wildman–Crippen MR) is 92.4 cm³/mol. The van der Waals surface area contributed by atoms with Crippen molar-refractivity contribution in [3.8, 4) is 0 Å². The fourth-order valence-electron chi connectivity index (χ4n) is 2.66. The first-order valence-corrected chi connectivity index (χ1v) is 8.72. The summed E-state index contributed by atoms with van der Waals surface area (Å²) >= 11 is 1.74. The van der Waals surface area contributed by atoms with Crippen molar-refractivity contribution in [2.45, 2.75) is 18.3 Å². The molecule has 1 aromatic heterocycles. The Hall–Kier alpha value is -2.34. The number of esters is 1. The highest BCUT2D eigenvalue weighted by Crippen LogP contribution is 2.38. The summed E-state index contributed by atoms with van der Waals surface area (Å²) in [6.45, 7) is 0.531. The Balaban J connectivity index is 1.83. The number of rotatable bonds is 4. The molecule has 5 nitrogen and oxygen atoms in total. The summed E-state index contributed by atoms with van der Waals surface area (Å²) in [5, 5.41) is -0.0573. The number of thioether (sulfide) groups is 1. The van der Waals surface area contributed by atoms with Gasteiger partial charge in [-0.2, -0.15) is 0 Å². The van der Waals surface area contributed by atoms with Crippen LogP contribution in [-0.4, -0.2) is 34.6 Å². The van der Waals surface area contributed by atoms with Gasteiger partial charge in [0, 0.05) is 31.1 Å². The van der Waals surface area contributed by atoms with Crippen molar-refractivity contribution in [3.63, 3.8) is 0 Å². The Bertz CT molecular complexity index is 719.